The second-order valence-corrected chi connectivity index (χ2v) is 17.6. The SMILES string of the molecule is CCCN1C(=O)CC2Cc3c(ccc(OC)c3OC)C=C21.CCCN1CC[C@@H]2Cc3c(ccc(OC)c3OC)CC21.CCCN1CC[C@@H]2Cc3c(ccc(OC)c3OC)CC21. The van der Waals surface area contributed by atoms with E-state index in [9.17, 15) is 4.79 Å². The van der Waals surface area contributed by atoms with E-state index in [1.807, 2.05) is 17.0 Å². The average molecular weight is 838 g/mol. The van der Waals surface area contributed by atoms with E-state index < -0.39 is 0 Å². The molecule has 3 fully saturated rings. The highest BCUT2D eigenvalue weighted by Crippen LogP contribution is 2.46. The molecule has 332 valence electrons. The van der Waals surface area contributed by atoms with Crippen LogP contribution in [0, 0.1) is 17.8 Å². The van der Waals surface area contributed by atoms with Crippen LogP contribution in [0.1, 0.15) is 92.7 Å². The lowest BCUT2D eigenvalue weighted by Gasteiger charge is -2.34. The molecule has 10 nitrogen and oxygen atoms in total. The molecule has 61 heavy (non-hydrogen) atoms. The maximum absolute atomic E-state index is 12.2. The Kier molecular flexibility index (Phi) is 14.8. The zero-order valence-electron chi connectivity index (χ0n) is 38.4. The third-order valence-corrected chi connectivity index (χ3v) is 14.2. The number of amides is 1. The Balaban J connectivity index is 0.000000138. The molecule has 5 atom stereocenters. The van der Waals surface area contributed by atoms with Crippen molar-refractivity contribution in [3.05, 3.63) is 75.5 Å². The van der Waals surface area contributed by atoms with Crippen LogP contribution in [-0.4, -0.2) is 108 Å². The highest BCUT2D eigenvalue weighted by molar-refractivity contribution is 5.85. The van der Waals surface area contributed by atoms with Gasteiger partial charge in [0.25, 0.3) is 0 Å². The molecule has 0 bridgehead atoms. The summed E-state index contributed by atoms with van der Waals surface area (Å²) in [6.07, 6.45) is 14.3. The van der Waals surface area contributed by atoms with Crippen LogP contribution >= 0.6 is 0 Å². The van der Waals surface area contributed by atoms with Crippen molar-refractivity contribution in [2.75, 3.05) is 75.4 Å². The van der Waals surface area contributed by atoms with E-state index in [-0.39, 0.29) is 11.8 Å². The lowest BCUT2D eigenvalue weighted by Crippen LogP contribution is -2.38. The molecule has 3 aliphatic carbocycles. The van der Waals surface area contributed by atoms with Crippen LogP contribution in [0.15, 0.2) is 42.1 Å². The van der Waals surface area contributed by atoms with Crippen LogP contribution in [-0.2, 0) is 36.9 Å². The molecule has 9 rings (SSSR count). The molecule has 3 saturated heterocycles. The van der Waals surface area contributed by atoms with Crippen molar-refractivity contribution in [2.24, 2.45) is 17.8 Å². The number of fused-ring (bicyclic) bond motifs is 6. The van der Waals surface area contributed by atoms with E-state index in [0.717, 1.165) is 102 Å². The monoisotopic (exact) mass is 838 g/mol. The van der Waals surface area contributed by atoms with Gasteiger partial charge in [0.05, 0.1) is 42.7 Å². The van der Waals surface area contributed by atoms with Gasteiger partial charge in [-0.3, -0.25) is 14.6 Å². The summed E-state index contributed by atoms with van der Waals surface area (Å²) in [6.45, 7) is 12.5. The number of benzene rings is 3. The van der Waals surface area contributed by atoms with Crippen molar-refractivity contribution in [3.63, 3.8) is 0 Å². The Morgan fingerprint density at radius 1 is 0.525 bits per heavy atom. The van der Waals surface area contributed by atoms with Crippen LogP contribution in [0.3, 0.4) is 0 Å². The van der Waals surface area contributed by atoms with Gasteiger partial charge in [-0.05, 0) is 143 Å². The number of allylic oxidation sites excluding steroid dienone is 1. The number of methoxy groups -OCH3 is 6. The maximum Gasteiger partial charge on any atom is 0.227 e. The van der Waals surface area contributed by atoms with Crippen LogP contribution in [0.5, 0.6) is 34.5 Å². The van der Waals surface area contributed by atoms with Gasteiger partial charge >= 0.3 is 0 Å². The smallest absolute Gasteiger partial charge is 0.227 e. The second-order valence-electron chi connectivity index (χ2n) is 17.6. The Bertz CT molecular complexity index is 1940. The maximum atomic E-state index is 12.2. The Morgan fingerprint density at radius 2 is 0.984 bits per heavy atom. The summed E-state index contributed by atoms with van der Waals surface area (Å²) in [4.78, 5) is 19.5. The number of ether oxygens (including phenoxy) is 6. The predicted molar refractivity (Wildman–Crippen MR) is 243 cm³/mol. The van der Waals surface area contributed by atoms with E-state index in [0.29, 0.717) is 6.42 Å². The van der Waals surface area contributed by atoms with Gasteiger partial charge in [-0.2, -0.15) is 0 Å². The number of rotatable bonds is 12. The number of hydrogen-bond donors (Lipinski definition) is 0. The molecule has 1 amide bonds. The van der Waals surface area contributed by atoms with Gasteiger partial charge in [0, 0.05) is 53.4 Å². The minimum Gasteiger partial charge on any atom is -0.493 e. The first kappa shape index (κ1) is 44.6. The molecule has 0 radical (unpaired) electrons. The molecule has 3 aromatic carbocycles. The van der Waals surface area contributed by atoms with Gasteiger partial charge in [-0.25, -0.2) is 0 Å². The van der Waals surface area contributed by atoms with Crippen molar-refractivity contribution in [2.45, 2.75) is 103 Å². The first-order chi connectivity index (χ1) is 29.7. The summed E-state index contributed by atoms with van der Waals surface area (Å²) in [5.41, 5.74) is 9.12. The molecule has 0 aromatic heterocycles. The lowest BCUT2D eigenvalue weighted by molar-refractivity contribution is -0.126. The standard InChI is InChI=1S/C17H21NO3.2C17H25NO2/c1-4-7-18-14-9-11-5-6-15(20-2)17(21-3)13(11)8-12(14)10-16(18)19;2*1-4-8-18-9-7-13-10-14-12(11-15(13)18)5-6-16(19-2)17(14)20-3/h5-6,9,12H,4,7-8,10H2,1-3H3;2*5-6,13,15H,4,7-11H2,1-3H3/t;2*13-,15?/m.11/s1. The molecule has 10 heteroatoms. The zero-order chi connectivity index (χ0) is 43.2. The average Bonchev–Trinajstić information content (AvgIpc) is 3.97. The summed E-state index contributed by atoms with van der Waals surface area (Å²) in [7, 11) is 10.3. The number of likely N-dealkylation sites (tertiary alicyclic amines) is 3. The van der Waals surface area contributed by atoms with Crippen LogP contribution in [0.4, 0.5) is 0 Å². The topological polar surface area (TPSA) is 82.2 Å². The molecular formula is C51H71N3O7. The molecule has 0 saturated carbocycles. The van der Waals surface area contributed by atoms with Crippen LogP contribution in [0.25, 0.3) is 6.08 Å². The van der Waals surface area contributed by atoms with Gasteiger partial charge in [-0.1, -0.05) is 39.0 Å². The van der Waals surface area contributed by atoms with E-state index in [4.69, 9.17) is 28.4 Å². The lowest BCUT2D eigenvalue weighted by atomic mass is 9.80. The highest BCUT2D eigenvalue weighted by atomic mass is 16.5. The van der Waals surface area contributed by atoms with Crippen LogP contribution in [0.2, 0.25) is 0 Å². The molecule has 0 N–H and O–H groups in total. The molecule has 6 aliphatic rings. The molecular weight excluding hydrogens is 767 g/mol. The Morgan fingerprint density at radius 3 is 1.43 bits per heavy atom. The van der Waals surface area contributed by atoms with E-state index in [1.54, 1.807) is 42.7 Å². The van der Waals surface area contributed by atoms with Crippen molar-refractivity contribution in [3.8, 4) is 34.5 Å². The van der Waals surface area contributed by atoms with Crippen molar-refractivity contribution in [1.82, 2.24) is 14.7 Å². The van der Waals surface area contributed by atoms with Gasteiger partial charge in [0.15, 0.2) is 34.5 Å². The van der Waals surface area contributed by atoms with Crippen molar-refractivity contribution >= 4 is 12.0 Å². The van der Waals surface area contributed by atoms with Gasteiger partial charge in [0.1, 0.15) is 0 Å². The van der Waals surface area contributed by atoms with Gasteiger partial charge < -0.3 is 33.3 Å². The predicted octanol–water partition coefficient (Wildman–Crippen LogP) is 8.67. The summed E-state index contributed by atoms with van der Waals surface area (Å²) >= 11 is 0. The fourth-order valence-electron chi connectivity index (χ4n) is 11.4. The third-order valence-electron chi connectivity index (χ3n) is 14.2. The molecule has 3 aromatic rings. The first-order valence-corrected chi connectivity index (χ1v) is 22.9. The van der Waals surface area contributed by atoms with Gasteiger partial charge in [0.2, 0.25) is 5.91 Å². The van der Waals surface area contributed by atoms with E-state index in [1.165, 1.54) is 92.7 Å². The normalized spacial score (nSPS) is 23.4. The summed E-state index contributed by atoms with van der Waals surface area (Å²) in [5, 5.41) is 0. The quantitative estimate of drug-likeness (QED) is 0.178. The molecule has 3 aliphatic heterocycles. The molecule has 0 spiro atoms. The summed E-state index contributed by atoms with van der Waals surface area (Å²) < 4.78 is 33.0. The zero-order valence-corrected chi connectivity index (χ0v) is 38.4. The fraction of sp³-hybridized carbons (Fsp3) is 0.588. The Labute approximate surface area is 365 Å². The van der Waals surface area contributed by atoms with Crippen LogP contribution < -0.4 is 28.4 Å². The number of hydrogen-bond acceptors (Lipinski definition) is 9. The number of nitrogens with zero attached hydrogens (tertiary/aromatic N) is 3. The summed E-state index contributed by atoms with van der Waals surface area (Å²) in [6, 6.07) is 14.0. The highest BCUT2D eigenvalue weighted by Gasteiger charge is 2.41. The molecule has 3 heterocycles. The third kappa shape index (κ3) is 8.95. The fourth-order valence-corrected chi connectivity index (χ4v) is 11.4. The van der Waals surface area contributed by atoms with E-state index in [2.05, 4.69) is 60.9 Å². The van der Waals surface area contributed by atoms with Crippen molar-refractivity contribution < 1.29 is 33.2 Å². The first-order valence-electron chi connectivity index (χ1n) is 22.9. The second kappa shape index (κ2) is 20.2. The Hall–Kier alpha value is -4.41. The molecule has 3 unspecified atom stereocenters. The van der Waals surface area contributed by atoms with E-state index >= 15 is 0 Å². The number of carbonyl (C=O) groups is 1. The summed E-state index contributed by atoms with van der Waals surface area (Å²) in [5.74, 6) is 7.29. The minimum atomic E-state index is 0.242. The number of carbonyl (C=O) groups excluding carboxylic acids is 1. The van der Waals surface area contributed by atoms with Crippen molar-refractivity contribution in [1.29, 1.82) is 0 Å². The van der Waals surface area contributed by atoms with Gasteiger partial charge in [-0.15, -0.1) is 0 Å². The largest absolute Gasteiger partial charge is 0.493 e. The minimum absolute atomic E-state index is 0.242.